The van der Waals surface area contributed by atoms with Crippen LogP contribution in [0.3, 0.4) is 0 Å². The second kappa shape index (κ2) is 5.44. The maximum atomic E-state index is 11.6. The Bertz CT molecular complexity index is 561. The summed E-state index contributed by atoms with van der Waals surface area (Å²) < 4.78 is 0.584. The van der Waals surface area contributed by atoms with Gasteiger partial charge in [-0.25, -0.2) is 4.79 Å². The number of amides is 1. The lowest BCUT2D eigenvalue weighted by atomic mass is 9.88. The zero-order valence-corrected chi connectivity index (χ0v) is 12.8. The van der Waals surface area contributed by atoms with Gasteiger partial charge in [-0.3, -0.25) is 4.79 Å². The summed E-state index contributed by atoms with van der Waals surface area (Å²) in [5.74, 6) is -1.34. The van der Waals surface area contributed by atoms with E-state index in [-0.39, 0.29) is 0 Å². The van der Waals surface area contributed by atoms with E-state index in [1.165, 1.54) is 0 Å². The van der Waals surface area contributed by atoms with Gasteiger partial charge < -0.3 is 15.7 Å². The molecule has 1 heterocycles. The molecule has 1 aliphatic heterocycles. The third-order valence-electron chi connectivity index (χ3n) is 3.88. The molecule has 0 saturated carbocycles. The van der Waals surface area contributed by atoms with Crippen LogP contribution in [0.4, 0.5) is 5.69 Å². The fourth-order valence-corrected chi connectivity index (χ4v) is 3.19. The number of hydrogen-bond acceptors (Lipinski definition) is 3. The van der Waals surface area contributed by atoms with Crippen LogP contribution < -0.4 is 10.6 Å². The Morgan fingerprint density at radius 3 is 2.65 bits per heavy atom. The van der Waals surface area contributed by atoms with Crippen molar-refractivity contribution in [2.45, 2.75) is 31.7 Å². The maximum Gasteiger partial charge on any atom is 0.329 e. The number of carboxylic acids is 1. The predicted octanol–water partition coefficient (Wildman–Crippen LogP) is 2.38. The van der Waals surface area contributed by atoms with Gasteiger partial charge in [0, 0.05) is 16.7 Å². The summed E-state index contributed by atoms with van der Waals surface area (Å²) in [6, 6.07) is 5.13. The van der Waals surface area contributed by atoms with Crippen LogP contribution in [0.5, 0.6) is 0 Å². The molecule has 0 aromatic heterocycles. The number of nitrogens with zero attached hydrogens (tertiary/aromatic N) is 1. The summed E-state index contributed by atoms with van der Waals surface area (Å²) in [4.78, 5) is 24.7. The standard InChI is InChI=1S/C14H17BrN2O3/c1-14(13(19)20)6-2-3-7-17(14)9-4-5-10(12(16)18)11(15)8-9/h4-5,8H,2-3,6-7H2,1H3,(H2,16,18)(H,19,20). The monoisotopic (exact) mass is 340 g/mol. The van der Waals surface area contributed by atoms with Gasteiger partial charge in [0.1, 0.15) is 5.54 Å². The topological polar surface area (TPSA) is 83.6 Å². The van der Waals surface area contributed by atoms with E-state index in [0.29, 0.717) is 23.0 Å². The summed E-state index contributed by atoms with van der Waals surface area (Å²) in [5.41, 5.74) is 5.53. The summed E-state index contributed by atoms with van der Waals surface area (Å²) in [6.45, 7) is 2.43. The molecule has 1 amide bonds. The molecule has 5 nitrogen and oxygen atoms in total. The molecule has 1 atom stereocenters. The first-order valence-electron chi connectivity index (χ1n) is 6.46. The molecule has 1 aromatic rings. The van der Waals surface area contributed by atoms with Gasteiger partial charge in [-0.15, -0.1) is 0 Å². The van der Waals surface area contributed by atoms with Crippen LogP contribution in [0, 0.1) is 0 Å². The van der Waals surface area contributed by atoms with Gasteiger partial charge in [-0.05, 0) is 60.3 Å². The summed E-state index contributed by atoms with van der Waals surface area (Å²) in [7, 11) is 0. The number of primary amides is 1. The molecule has 1 fully saturated rings. The van der Waals surface area contributed by atoms with Crippen molar-refractivity contribution in [1.29, 1.82) is 0 Å². The van der Waals surface area contributed by atoms with E-state index in [2.05, 4.69) is 15.9 Å². The molecular formula is C14H17BrN2O3. The lowest BCUT2D eigenvalue weighted by Crippen LogP contribution is -2.55. The molecule has 0 aliphatic carbocycles. The van der Waals surface area contributed by atoms with Crippen LogP contribution in [-0.4, -0.2) is 29.1 Å². The summed E-state index contributed by atoms with van der Waals surface area (Å²) in [5, 5.41) is 9.51. The molecule has 108 valence electrons. The van der Waals surface area contributed by atoms with Crippen molar-refractivity contribution in [2.24, 2.45) is 5.73 Å². The van der Waals surface area contributed by atoms with Gasteiger partial charge in [0.05, 0.1) is 5.56 Å². The molecular weight excluding hydrogens is 324 g/mol. The number of anilines is 1. The zero-order valence-electron chi connectivity index (χ0n) is 11.2. The van der Waals surface area contributed by atoms with Crippen molar-refractivity contribution < 1.29 is 14.7 Å². The molecule has 0 radical (unpaired) electrons. The molecule has 6 heteroatoms. The Morgan fingerprint density at radius 2 is 2.10 bits per heavy atom. The third kappa shape index (κ3) is 2.52. The first-order chi connectivity index (χ1) is 9.36. The minimum absolute atomic E-state index is 0.391. The highest BCUT2D eigenvalue weighted by Crippen LogP contribution is 2.35. The molecule has 2 rings (SSSR count). The highest BCUT2D eigenvalue weighted by molar-refractivity contribution is 9.10. The minimum Gasteiger partial charge on any atom is -0.480 e. The fourth-order valence-electron chi connectivity index (χ4n) is 2.63. The van der Waals surface area contributed by atoms with Crippen molar-refractivity contribution in [3.63, 3.8) is 0 Å². The minimum atomic E-state index is -0.911. The summed E-state index contributed by atoms with van der Waals surface area (Å²) in [6.07, 6.45) is 2.47. The Labute approximate surface area is 125 Å². The van der Waals surface area contributed by atoms with Gasteiger partial charge in [0.2, 0.25) is 5.91 Å². The van der Waals surface area contributed by atoms with Crippen LogP contribution in [0.1, 0.15) is 36.5 Å². The van der Waals surface area contributed by atoms with Crippen LogP contribution in [0.25, 0.3) is 0 Å². The van der Waals surface area contributed by atoms with Gasteiger partial charge in [0.15, 0.2) is 0 Å². The first-order valence-corrected chi connectivity index (χ1v) is 7.26. The van der Waals surface area contributed by atoms with Gasteiger partial charge >= 0.3 is 5.97 Å². The molecule has 1 aliphatic rings. The average Bonchev–Trinajstić information content (AvgIpc) is 2.38. The van der Waals surface area contributed by atoms with E-state index >= 15 is 0 Å². The molecule has 0 spiro atoms. The van der Waals surface area contributed by atoms with E-state index in [9.17, 15) is 14.7 Å². The van der Waals surface area contributed by atoms with Gasteiger partial charge in [-0.1, -0.05) is 0 Å². The van der Waals surface area contributed by atoms with E-state index < -0.39 is 17.4 Å². The molecule has 3 N–H and O–H groups in total. The number of carboxylic acid groups (broad SMARTS) is 1. The van der Waals surface area contributed by atoms with Crippen molar-refractivity contribution in [3.8, 4) is 0 Å². The van der Waals surface area contributed by atoms with Crippen molar-refractivity contribution in [3.05, 3.63) is 28.2 Å². The van der Waals surface area contributed by atoms with E-state index in [4.69, 9.17) is 5.73 Å². The van der Waals surface area contributed by atoms with Crippen molar-refractivity contribution >= 4 is 33.5 Å². The molecule has 1 unspecified atom stereocenters. The van der Waals surface area contributed by atoms with Gasteiger partial charge in [0.25, 0.3) is 0 Å². The van der Waals surface area contributed by atoms with E-state index in [1.807, 2.05) is 4.90 Å². The normalized spacial score (nSPS) is 22.6. The number of carbonyl (C=O) groups is 2. The Balaban J connectivity index is 2.41. The smallest absolute Gasteiger partial charge is 0.329 e. The molecule has 1 saturated heterocycles. The Hall–Kier alpha value is -1.56. The largest absolute Gasteiger partial charge is 0.480 e. The molecule has 1 aromatic carbocycles. The molecule has 0 bridgehead atoms. The zero-order chi connectivity index (χ0) is 14.9. The number of benzene rings is 1. The quantitative estimate of drug-likeness (QED) is 0.884. The van der Waals surface area contributed by atoms with Crippen molar-refractivity contribution in [2.75, 3.05) is 11.4 Å². The summed E-state index contributed by atoms with van der Waals surface area (Å²) >= 11 is 3.31. The van der Waals surface area contributed by atoms with Crippen LogP contribution >= 0.6 is 15.9 Å². The lowest BCUT2D eigenvalue weighted by molar-refractivity contribution is -0.143. The number of hydrogen-bond donors (Lipinski definition) is 2. The third-order valence-corrected chi connectivity index (χ3v) is 4.54. The number of piperidine rings is 1. The molecule has 20 heavy (non-hydrogen) atoms. The van der Waals surface area contributed by atoms with E-state index in [0.717, 1.165) is 18.5 Å². The fraction of sp³-hybridized carbons (Fsp3) is 0.429. The Kier molecular flexibility index (Phi) is 4.04. The highest BCUT2D eigenvalue weighted by atomic mass is 79.9. The lowest BCUT2D eigenvalue weighted by Gasteiger charge is -2.43. The maximum absolute atomic E-state index is 11.6. The van der Waals surface area contributed by atoms with Crippen LogP contribution in [-0.2, 0) is 4.79 Å². The second-order valence-electron chi connectivity index (χ2n) is 5.22. The van der Waals surface area contributed by atoms with Crippen molar-refractivity contribution in [1.82, 2.24) is 0 Å². The number of nitrogens with two attached hydrogens (primary N) is 1. The van der Waals surface area contributed by atoms with Crippen LogP contribution in [0.2, 0.25) is 0 Å². The van der Waals surface area contributed by atoms with E-state index in [1.54, 1.807) is 25.1 Å². The highest BCUT2D eigenvalue weighted by Gasteiger charge is 2.41. The van der Waals surface area contributed by atoms with Gasteiger partial charge in [-0.2, -0.15) is 0 Å². The Morgan fingerprint density at radius 1 is 1.40 bits per heavy atom. The SMILES string of the molecule is CC1(C(=O)O)CCCCN1c1ccc(C(N)=O)c(Br)c1. The predicted molar refractivity (Wildman–Crippen MR) is 79.9 cm³/mol. The first kappa shape index (κ1) is 14.8. The van der Waals surface area contributed by atoms with Crippen LogP contribution in [0.15, 0.2) is 22.7 Å². The number of aliphatic carboxylic acids is 1. The average molecular weight is 341 g/mol. The number of halogens is 1. The number of rotatable bonds is 3. The second-order valence-corrected chi connectivity index (χ2v) is 6.07. The number of carbonyl (C=O) groups excluding carboxylic acids is 1.